The Kier molecular flexibility index (Phi) is 6.68. The van der Waals surface area contributed by atoms with Crippen LogP contribution in [0, 0.1) is 11.7 Å². The van der Waals surface area contributed by atoms with Gasteiger partial charge in [-0.15, -0.1) is 5.10 Å². The molecular formula is C24H29FN8O3. The van der Waals surface area contributed by atoms with Gasteiger partial charge >= 0.3 is 0 Å². The van der Waals surface area contributed by atoms with Gasteiger partial charge in [0.15, 0.2) is 17.3 Å². The van der Waals surface area contributed by atoms with Gasteiger partial charge in [-0.05, 0) is 32.7 Å². The first-order chi connectivity index (χ1) is 17.4. The summed E-state index contributed by atoms with van der Waals surface area (Å²) in [5, 5.41) is 6.73. The van der Waals surface area contributed by atoms with Crippen molar-refractivity contribution < 1.29 is 18.7 Å². The quantitative estimate of drug-likeness (QED) is 0.547. The number of carbonyl (C=O) groups excluding carboxylic acids is 2. The van der Waals surface area contributed by atoms with Crippen molar-refractivity contribution in [2.45, 2.75) is 31.8 Å². The summed E-state index contributed by atoms with van der Waals surface area (Å²) in [6, 6.07) is 1.68. The number of anilines is 2. The molecule has 0 bridgehead atoms. The van der Waals surface area contributed by atoms with Crippen molar-refractivity contribution >= 4 is 29.0 Å². The average molecular weight is 497 g/mol. The van der Waals surface area contributed by atoms with Crippen LogP contribution < -0.4 is 15.8 Å². The number of nitrogens with zero attached hydrogens (tertiary/aromatic N) is 6. The van der Waals surface area contributed by atoms with Crippen LogP contribution in [0.3, 0.4) is 0 Å². The maximum absolute atomic E-state index is 13.5. The zero-order chi connectivity index (χ0) is 25.2. The number of rotatable bonds is 5. The minimum atomic E-state index is -0.597. The number of likely N-dealkylation sites (N-methyl/N-ethyl adjacent to an activating group) is 1. The van der Waals surface area contributed by atoms with Crippen molar-refractivity contribution in [3.63, 3.8) is 0 Å². The number of halogens is 1. The Balaban J connectivity index is 1.22. The summed E-state index contributed by atoms with van der Waals surface area (Å²) >= 11 is 0. The third-order valence-electron chi connectivity index (χ3n) is 6.86. The molecule has 0 unspecified atom stereocenters. The molecule has 11 nitrogen and oxygen atoms in total. The van der Waals surface area contributed by atoms with E-state index in [9.17, 15) is 14.0 Å². The summed E-state index contributed by atoms with van der Waals surface area (Å²) in [5.74, 6) is -0.471. The van der Waals surface area contributed by atoms with Gasteiger partial charge in [-0.25, -0.2) is 13.9 Å². The fourth-order valence-corrected chi connectivity index (χ4v) is 4.80. The van der Waals surface area contributed by atoms with E-state index >= 15 is 0 Å². The van der Waals surface area contributed by atoms with Gasteiger partial charge in [-0.3, -0.25) is 14.6 Å². The molecule has 5 rings (SSSR count). The number of hydrogen-bond acceptors (Lipinski definition) is 8. The Bertz CT molecular complexity index is 1270. The maximum atomic E-state index is 13.5. The van der Waals surface area contributed by atoms with Gasteiger partial charge in [0.05, 0.1) is 24.7 Å². The molecule has 2 amide bonds. The monoisotopic (exact) mass is 496 g/mol. The summed E-state index contributed by atoms with van der Waals surface area (Å²) in [5.41, 5.74) is 6.46. The van der Waals surface area contributed by atoms with Gasteiger partial charge in [-0.1, -0.05) is 0 Å². The molecule has 3 N–H and O–H groups in total. The van der Waals surface area contributed by atoms with E-state index in [0.717, 1.165) is 68.8 Å². The van der Waals surface area contributed by atoms with Gasteiger partial charge in [-0.2, -0.15) is 0 Å². The van der Waals surface area contributed by atoms with E-state index in [1.165, 1.54) is 6.20 Å². The molecule has 190 valence electrons. The number of ether oxygens (including phenoxy) is 1. The number of aromatic nitrogens is 4. The normalized spacial score (nSPS) is 20.9. The predicted octanol–water partition coefficient (Wildman–Crippen LogP) is 1.81. The zero-order valence-corrected chi connectivity index (χ0v) is 20.1. The first-order valence-electron chi connectivity index (χ1n) is 12.1. The number of hydrogen-bond donors (Lipinski definition) is 2. The maximum Gasteiger partial charge on any atom is 0.263 e. The lowest BCUT2D eigenvalue weighted by Gasteiger charge is -2.36. The number of piperazine rings is 1. The number of fused-ring (bicyclic) bond motifs is 1. The van der Waals surface area contributed by atoms with Gasteiger partial charge in [0, 0.05) is 44.4 Å². The molecule has 3 aromatic rings. The smallest absolute Gasteiger partial charge is 0.263 e. The molecule has 0 aromatic carbocycles. The summed E-state index contributed by atoms with van der Waals surface area (Å²) < 4.78 is 20.8. The molecule has 36 heavy (non-hydrogen) atoms. The van der Waals surface area contributed by atoms with E-state index in [4.69, 9.17) is 10.5 Å². The van der Waals surface area contributed by atoms with Crippen LogP contribution in [-0.4, -0.2) is 80.5 Å². The van der Waals surface area contributed by atoms with Crippen LogP contribution in [-0.2, 0) is 4.79 Å². The van der Waals surface area contributed by atoms with E-state index in [1.807, 2.05) is 4.90 Å². The Morgan fingerprint density at radius 2 is 1.89 bits per heavy atom. The number of carbonyl (C=O) groups is 2. The first kappa shape index (κ1) is 23.9. The zero-order valence-electron chi connectivity index (χ0n) is 20.1. The largest absolute Gasteiger partial charge is 0.488 e. The van der Waals surface area contributed by atoms with Crippen LogP contribution in [0.25, 0.3) is 5.65 Å². The van der Waals surface area contributed by atoms with Crippen LogP contribution in [0.4, 0.5) is 15.9 Å². The van der Waals surface area contributed by atoms with E-state index in [-0.39, 0.29) is 35.0 Å². The molecule has 4 heterocycles. The predicted molar refractivity (Wildman–Crippen MR) is 130 cm³/mol. The molecule has 1 aliphatic heterocycles. The molecule has 2 fully saturated rings. The number of nitrogens with two attached hydrogens (primary N) is 1. The SMILES string of the molecule is CN1CCN(C(=O)C2CCC(Oc3ccncc3NC(=O)c3c(N)nn4cc(F)cnc34)CC2)CC1. The highest BCUT2D eigenvalue weighted by atomic mass is 19.1. The van der Waals surface area contributed by atoms with Crippen molar-refractivity contribution in [3.8, 4) is 5.75 Å². The van der Waals surface area contributed by atoms with Crippen molar-refractivity contribution in [2.75, 3.05) is 44.3 Å². The van der Waals surface area contributed by atoms with Crippen molar-refractivity contribution in [1.29, 1.82) is 0 Å². The summed E-state index contributed by atoms with van der Waals surface area (Å²) in [7, 11) is 2.07. The number of pyridine rings is 1. The van der Waals surface area contributed by atoms with Crippen LogP contribution >= 0.6 is 0 Å². The third kappa shape index (κ3) is 4.94. The Morgan fingerprint density at radius 3 is 2.64 bits per heavy atom. The Labute approximate surface area is 207 Å². The van der Waals surface area contributed by atoms with E-state index in [1.54, 1.807) is 12.3 Å². The molecule has 0 atom stereocenters. The summed E-state index contributed by atoms with van der Waals surface area (Å²) in [6.07, 6.45) is 8.12. The highest BCUT2D eigenvalue weighted by molar-refractivity contribution is 6.11. The molecule has 0 spiro atoms. The first-order valence-corrected chi connectivity index (χ1v) is 12.1. The molecular weight excluding hydrogens is 467 g/mol. The highest BCUT2D eigenvalue weighted by Gasteiger charge is 2.32. The minimum Gasteiger partial charge on any atom is -0.488 e. The molecule has 1 saturated carbocycles. The fourth-order valence-electron chi connectivity index (χ4n) is 4.80. The number of amides is 2. The molecule has 1 aliphatic carbocycles. The van der Waals surface area contributed by atoms with Crippen LogP contribution in [0.15, 0.2) is 30.9 Å². The topological polar surface area (TPSA) is 131 Å². The number of nitrogen functional groups attached to an aromatic ring is 1. The second kappa shape index (κ2) is 10.1. The van der Waals surface area contributed by atoms with Crippen molar-refractivity contribution in [1.82, 2.24) is 29.4 Å². The van der Waals surface area contributed by atoms with Crippen molar-refractivity contribution in [2.24, 2.45) is 5.92 Å². The lowest BCUT2D eigenvalue weighted by atomic mass is 9.86. The van der Waals surface area contributed by atoms with Crippen molar-refractivity contribution in [3.05, 3.63) is 42.2 Å². The Morgan fingerprint density at radius 1 is 1.14 bits per heavy atom. The average Bonchev–Trinajstić information content (AvgIpc) is 3.20. The van der Waals surface area contributed by atoms with E-state index in [2.05, 4.69) is 32.3 Å². The van der Waals surface area contributed by atoms with Crippen LogP contribution in [0.5, 0.6) is 5.75 Å². The summed E-state index contributed by atoms with van der Waals surface area (Å²) in [4.78, 5) is 38.2. The molecule has 2 aliphatic rings. The second-order valence-corrected chi connectivity index (χ2v) is 9.35. The number of nitrogens with one attached hydrogen (secondary N) is 1. The molecule has 0 radical (unpaired) electrons. The van der Waals surface area contributed by atoms with Gasteiger partial charge in [0.1, 0.15) is 17.0 Å². The van der Waals surface area contributed by atoms with Gasteiger partial charge in [0.25, 0.3) is 5.91 Å². The third-order valence-corrected chi connectivity index (χ3v) is 6.86. The minimum absolute atomic E-state index is 0.0285. The lowest BCUT2D eigenvalue weighted by Crippen LogP contribution is -2.49. The lowest BCUT2D eigenvalue weighted by molar-refractivity contribution is -0.138. The van der Waals surface area contributed by atoms with E-state index < -0.39 is 11.7 Å². The van der Waals surface area contributed by atoms with Crippen LogP contribution in [0.1, 0.15) is 36.0 Å². The van der Waals surface area contributed by atoms with Crippen LogP contribution in [0.2, 0.25) is 0 Å². The molecule has 12 heteroatoms. The Hall–Kier alpha value is -3.80. The molecule has 3 aromatic heterocycles. The second-order valence-electron chi connectivity index (χ2n) is 9.35. The van der Waals surface area contributed by atoms with Gasteiger partial charge < -0.3 is 25.6 Å². The highest BCUT2D eigenvalue weighted by Crippen LogP contribution is 2.32. The molecule has 1 saturated heterocycles. The van der Waals surface area contributed by atoms with Gasteiger partial charge in [0.2, 0.25) is 5.91 Å². The van der Waals surface area contributed by atoms with E-state index in [0.29, 0.717) is 11.4 Å². The summed E-state index contributed by atoms with van der Waals surface area (Å²) in [6.45, 7) is 3.39. The standard InChI is InChI=1S/C24H29FN8O3/c1-31-8-10-32(11-9-31)24(35)15-2-4-17(5-3-15)36-19-6-7-27-13-18(19)29-23(34)20-21(26)30-33-14-16(25)12-28-22(20)33/h6-7,12-15,17H,2-5,8-11H2,1H3,(H2,26,30)(H,29,34). The fraction of sp³-hybridized carbons (Fsp3) is 0.458.